The number of fused-ring (bicyclic) bond motifs is 1. The minimum absolute atomic E-state index is 0.0500. The summed E-state index contributed by atoms with van der Waals surface area (Å²) < 4.78 is 7.65. The SMILES string of the molecule is Cc1nc2ccccc2n1CCNC(=O)COc1ccc(N2CCCC2=O)cc1. The van der Waals surface area contributed by atoms with E-state index in [2.05, 4.69) is 14.9 Å². The van der Waals surface area contributed by atoms with Crippen molar-refractivity contribution < 1.29 is 14.3 Å². The maximum atomic E-state index is 12.1. The number of carbonyl (C=O) groups excluding carboxylic acids is 2. The van der Waals surface area contributed by atoms with Crippen LogP contribution in [0.1, 0.15) is 18.7 Å². The Balaban J connectivity index is 1.25. The van der Waals surface area contributed by atoms with Crippen LogP contribution in [0.15, 0.2) is 48.5 Å². The second-order valence-electron chi connectivity index (χ2n) is 7.08. The highest BCUT2D eigenvalue weighted by Gasteiger charge is 2.21. The van der Waals surface area contributed by atoms with Crippen LogP contribution in [-0.2, 0) is 16.1 Å². The monoisotopic (exact) mass is 392 g/mol. The fourth-order valence-electron chi connectivity index (χ4n) is 3.63. The van der Waals surface area contributed by atoms with Gasteiger partial charge in [0.1, 0.15) is 11.6 Å². The van der Waals surface area contributed by atoms with Crippen LogP contribution in [0.3, 0.4) is 0 Å². The summed E-state index contributed by atoms with van der Waals surface area (Å²) in [4.78, 5) is 30.2. The van der Waals surface area contributed by atoms with E-state index in [-0.39, 0.29) is 18.4 Å². The number of para-hydroxylation sites is 2. The van der Waals surface area contributed by atoms with E-state index in [1.165, 1.54) is 0 Å². The molecule has 3 aromatic rings. The molecule has 1 aliphatic rings. The van der Waals surface area contributed by atoms with Gasteiger partial charge in [0.15, 0.2) is 6.61 Å². The molecule has 2 heterocycles. The summed E-state index contributed by atoms with van der Waals surface area (Å²) in [5.74, 6) is 1.50. The van der Waals surface area contributed by atoms with E-state index >= 15 is 0 Å². The van der Waals surface area contributed by atoms with Crippen LogP contribution in [0, 0.1) is 6.92 Å². The lowest BCUT2D eigenvalue weighted by molar-refractivity contribution is -0.123. The number of nitrogens with one attached hydrogen (secondary N) is 1. The summed E-state index contributed by atoms with van der Waals surface area (Å²) in [5, 5.41) is 2.88. The predicted octanol–water partition coefficient (Wildman–Crippen LogP) is 2.67. The molecule has 1 aromatic heterocycles. The van der Waals surface area contributed by atoms with Crippen LogP contribution in [-0.4, -0.2) is 41.1 Å². The quantitative estimate of drug-likeness (QED) is 0.671. The molecule has 150 valence electrons. The third-order valence-corrected chi connectivity index (χ3v) is 5.09. The van der Waals surface area contributed by atoms with E-state index in [1.54, 1.807) is 17.0 Å². The normalized spacial score (nSPS) is 13.8. The lowest BCUT2D eigenvalue weighted by Gasteiger charge is -2.16. The van der Waals surface area contributed by atoms with Crippen molar-refractivity contribution in [2.75, 3.05) is 24.6 Å². The van der Waals surface area contributed by atoms with Gasteiger partial charge in [0, 0.05) is 31.7 Å². The van der Waals surface area contributed by atoms with Crippen LogP contribution >= 0.6 is 0 Å². The van der Waals surface area contributed by atoms with Gasteiger partial charge in [0.25, 0.3) is 5.91 Å². The van der Waals surface area contributed by atoms with Crippen molar-refractivity contribution in [3.05, 3.63) is 54.4 Å². The van der Waals surface area contributed by atoms with Gasteiger partial charge < -0.3 is 19.5 Å². The molecule has 1 fully saturated rings. The van der Waals surface area contributed by atoms with Crippen molar-refractivity contribution in [3.8, 4) is 5.75 Å². The van der Waals surface area contributed by atoms with Crippen molar-refractivity contribution in [1.29, 1.82) is 0 Å². The summed E-state index contributed by atoms with van der Waals surface area (Å²) >= 11 is 0. The van der Waals surface area contributed by atoms with Gasteiger partial charge >= 0.3 is 0 Å². The Morgan fingerprint density at radius 3 is 2.72 bits per heavy atom. The van der Waals surface area contributed by atoms with Crippen LogP contribution in [0.4, 0.5) is 5.69 Å². The molecule has 0 spiro atoms. The molecule has 0 radical (unpaired) electrons. The lowest BCUT2D eigenvalue weighted by Crippen LogP contribution is -2.31. The van der Waals surface area contributed by atoms with Gasteiger partial charge in [-0.2, -0.15) is 0 Å². The van der Waals surface area contributed by atoms with Gasteiger partial charge in [-0.15, -0.1) is 0 Å². The topological polar surface area (TPSA) is 76.5 Å². The number of imidazole rings is 1. The predicted molar refractivity (Wildman–Crippen MR) is 111 cm³/mol. The van der Waals surface area contributed by atoms with Gasteiger partial charge in [-0.25, -0.2) is 4.98 Å². The first-order chi connectivity index (χ1) is 14.1. The van der Waals surface area contributed by atoms with Crippen LogP contribution < -0.4 is 15.0 Å². The number of hydrogen-bond acceptors (Lipinski definition) is 4. The summed E-state index contributed by atoms with van der Waals surface area (Å²) in [5.41, 5.74) is 2.89. The first kappa shape index (κ1) is 19.0. The molecular weight excluding hydrogens is 368 g/mol. The molecule has 1 saturated heterocycles. The van der Waals surface area contributed by atoms with Gasteiger partial charge in [0.05, 0.1) is 11.0 Å². The molecule has 0 saturated carbocycles. The number of aryl methyl sites for hydroxylation is 1. The molecule has 0 atom stereocenters. The zero-order chi connectivity index (χ0) is 20.2. The first-order valence-corrected chi connectivity index (χ1v) is 9.83. The van der Waals surface area contributed by atoms with Crippen LogP contribution in [0.5, 0.6) is 5.75 Å². The number of ether oxygens (including phenoxy) is 1. The van der Waals surface area contributed by atoms with Gasteiger partial charge in [-0.1, -0.05) is 12.1 Å². The Labute approximate surface area is 169 Å². The first-order valence-electron chi connectivity index (χ1n) is 9.83. The number of amides is 2. The van der Waals surface area contributed by atoms with E-state index in [9.17, 15) is 9.59 Å². The highest BCUT2D eigenvalue weighted by Crippen LogP contribution is 2.23. The molecule has 0 aliphatic carbocycles. The maximum Gasteiger partial charge on any atom is 0.258 e. The van der Waals surface area contributed by atoms with E-state index in [0.29, 0.717) is 25.3 Å². The molecule has 2 amide bonds. The molecule has 2 aromatic carbocycles. The number of anilines is 1. The standard InChI is InChI=1S/C22H24N4O3/c1-16-24-19-5-2-3-6-20(19)25(16)14-12-23-21(27)15-29-18-10-8-17(9-11-18)26-13-4-7-22(26)28/h2-3,5-6,8-11H,4,7,12-15H2,1H3,(H,23,27). The molecule has 0 unspecified atom stereocenters. The average Bonchev–Trinajstić information content (AvgIpc) is 3.30. The second kappa shape index (κ2) is 8.34. The minimum atomic E-state index is -0.175. The Kier molecular flexibility index (Phi) is 5.46. The zero-order valence-corrected chi connectivity index (χ0v) is 16.4. The van der Waals surface area contributed by atoms with Crippen molar-refractivity contribution >= 4 is 28.5 Å². The maximum absolute atomic E-state index is 12.1. The fraction of sp³-hybridized carbons (Fsp3) is 0.318. The van der Waals surface area contributed by atoms with E-state index in [4.69, 9.17) is 4.74 Å². The molecule has 1 N–H and O–H groups in total. The third kappa shape index (κ3) is 4.23. The number of rotatable bonds is 7. The summed E-state index contributed by atoms with van der Waals surface area (Å²) in [6.45, 7) is 3.82. The van der Waals surface area contributed by atoms with E-state index in [1.807, 2.05) is 43.3 Å². The van der Waals surface area contributed by atoms with E-state index < -0.39 is 0 Å². The van der Waals surface area contributed by atoms with Crippen molar-refractivity contribution in [1.82, 2.24) is 14.9 Å². The van der Waals surface area contributed by atoms with Gasteiger partial charge in [-0.05, 0) is 49.7 Å². The molecular formula is C22H24N4O3. The third-order valence-electron chi connectivity index (χ3n) is 5.09. The van der Waals surface area contributed by atoms with Gasteiger partial charge in [0.2, 0.25) is 5.91 Å². The largest absolute Gasteiger partial charge is 0.484 e. The zero-order valence-electron chi connectivity index (χ0n) is 16.4. The van der Waals surface area contributed by atoms with Crippen LogP contribution in [0.2, 0.25) is 0 Å². The highest BCUT2D eigenvalue weighted by atomic mass is 16.5. The minimum Gasteiger partial charge on any atom is -0.484 e. The average molecular weight is 392 g/mol. The number of nitrogens with zero attached hydrogens (tertiary/aromatic N) is 3. The Hall–Kier alpha value is -3.35. The smallest absolute Gasteiger partial charge is 0.258 e. The number of carbonyl (C=O) groups is 2. The molecule has 7 nitrogen and oxygen atoms in total. The summed E-state index contributed by atoms with van der Waals surface area (Å²) in [6.07, 6.45) is 1.50. The Morgan fingerprint density at radius 2 is 1.97 bits per heavy atom. The molecule has 4 rings (SSSR count). The van der Waals surface area contributed by atoms with Crippen molar-refractivity contribution in [3.63, 3.8) is 0 Å². The fourth-order valence-corrected chi connectivity index (χ4v) is 3.63. The number of hydrogen-bond donors (Lipinski definition) is 1. The lowest BCUT2D eigenvalue weighted by atomic mass is 10.3. The van der Waals surface area contributed by atoms with Gasteiger partial charge in [-0.3, -0.25) is 9.59 Å². The molecule has 29 heavy (non-hydrogen) atoms. The second-order valence-corrected chi connectivity index (χ2v) is 7.08. The molecule has 1 aliphatic heterocycles. The highest BCUT2D eigenvalue weighted by molar-refractivity contribution is 5.95. The van der Waals surface area contributed by atoms with Crippen molar-refractivity contribution in [2.24, 2.45) is 0 Å². The van der Waals surface area contributed by atoms with E-state index in [0.717, 1.165) is 35.5 Å². The van der Waals surface area contributed by atoms with Crippen LogP contribution in [0.25, 0.3) is 11.0 Å². The number of benzene rings is 2. The Morgan fingerprint density at radius 1 is 1.17 bits per heavy atom. The Bertz CT molecular complexity index is 1030. The van der Waals surface area contributed by atoms with Crippen molar-refractivity contribution in [2.45, 2.75) is 26.3 Å². The molecule has 7 heteroatoms. The number of aromatic nitrogens is 2. The summed E-state index contributed by atoms with van der Waals surface area (Å²) in [6, 6.07) is 15.2. The molecule has 0 bridgehead atoms. The summed E-state index contributed by atoms with van der Waals surface area (Å²) in [7, 11) is 0.